The molecule has 2 amide bonds. The van der Waals surface area contributed by atoms with Gasteiger partial charge in [0.1, 0.15) is 6.07 Å². The largest absolute Gasteiger partial charge is 0.339 e. The minimum absolute atomic E-state index is 0.0296. The number of para-hydroxylation sites is 1. The molecule has 0 saturated carbocycles. The van der Waals surface area contributed by atoms with Crippen LogP contribution in [-0.4, -0.2) is 48.8 Å². The number of nitrogens with one attached hydrogen (secondary N) is 1. The SMILES string of the molecule is CS(=O)(=O)c1ccc(-c2noc(C3CCN(C(=O)Nc4ccccc4C#N)CC3)n2)cc1. The van der Waals surface area contributed by atoms with E-state index < -0.39 is 9.84 Å². The van der Waals surface area contributed by atoms with Crippen LogP contribution in [0.25, 0.3) is 11.4 Å². The Morgan fingerprint density at radius 3 is 2.50 bits per heavy atom. The monoisotopic (exact) mass is 451 g/mol. The van der Waals surface area contributed by atoms with Crippen molar-refractivity contribution in [3.8, 4) is 17.5 Å². The molecule has 4 rings (SSSR count). The van der Waals surface area contributed by atoms with E-state index in [4.69, 9.17) is 4.52 Å². The van der Waals surface area contributed by atoms with E-state index in [1.54, 1.807) is 41.3 Å². The van der Waals surface area contributed by atoms with E-state index in [0.29, 0.717) is 54.5 Å². The van der Waals surface area contributed by atoms with Crippen molar-refractivity contribution in [1.29, 1.82) is 5.26 Å². The Morgan fingerprint density at radius 2 is 1.84 bits per heavy atom. The van der Waals surface area contributed by atoms with E-state index in [-0.39, 0.29) is 16.8 Å². The van der Waals surface area contributed by atoms with Crippen LogP contribution in [0.15, 0.2) is 57.9 Å². The lowest BCUT2D eigenvalue weighted by molar-refractivity contribution is 0.187. The predicted octanol–water partition coefficient (Wildman–Crippen LogP) is 3.42. The Bertz CT molecular complexity index is 1270. The second-order valence-electron chi connectivity index (χ2n) is 7.60. The zero-order valence-corrected chi connectivity index (χ0v) is 18.2. The molecule has 2 heterocycles. The topological polar surface area (TPSA) is 129 Å². The molecule has 1 fully saturated rings. The number of hydrogen-bond donors (Lipinski definition) is 1. The molecule has 2 aromatic carbocycles. The lowest BCUT2D eigenvalue weighted by Crippen LogP contribution is -2.40. The van der Waals surface area contributed by atoms with E-state index in [9.17, 15) is 18.5 Å². The molecule has 164 valence electrons. The predicted molar refractivity (Wildman–Crippen MR) is 117 cm³/mol. The first-order chi connectivity index (χ1) is 15.3. The van der Waals surface area contributed by atoms with Gasteiger partial charge < -0.3 is 14.7 Å². The molecule has 1 N–H and O–H groups in total. The molecule has 1 aliphatic rings. The van der Waals surface area contributed by atoms with Crippen molar-refractivity contribution in [3.63, 3.8) is 0 Å². The molecule has 0 aliphatic carbocycles. The summed E-state index contributed by atoms with van der Waals surface area (Å²) in [4.78, 5) is 19.0. The minimum atomic E-state index is -3.27. The molecule has 9 nitrogen and oxygen atoms in total. The van der Waals surface area contributed by atoms with E-state index in [1.165, 1.54) is 12.1 Å². The lowest BCUT2D eigenvalue weighted by Gasteiger charge is -2.30. The molecule has 0 unspecified atom stereocenters. The normalized spacial score (nSPS) is 14.7. The third-order valence-electron chi connectivity index (χ3n) is 5.40. The molecule has 0 atom stereocenters. The zero-order chi connectivity index (χ0) is 22.7. The number of rotatable bonds is 4. The Morgan fingerprint density at radius 1 is 1.16 bits per heavy atom. The Kier molecular flexibility index (Phi) is 5.92. The van der Waals surface area contributed by atoms with Gasteiger partial charge in [-0.05, 0) is 49.2 Å². The van der Waals surface area contributed by atoms with Gasteiger partial charge in [0.25, 0.3) is 0 Å². The number of carbonyl (C=O) groups is 1. The van der Waals surface area contributed by atoms with Crippen molar-refractivity contribution < 1.29 is 17.7 Å². The van der Waals surface area contributed by atoms with Gasteiger partial charge in [-0.1, -0.05) is 17.3 Å². The number of piperidine rings is 1. The van der Waals surface area contributed by atoms with Crippen molar-refractivity contribution >= 4 is 21.6 Å². The summed E-state index contributed by atoms with van der Waals surface area (Å²) in [5, 5.41) is 16.0. The van der Waals surface area contributed by atoms with E-state index in [1.807, 2.05) is 0 Å². The molecular weight excluding hydrogens is 430 g/mol. The van der Waals surface area contributed by atoms with Gasteiger partial charge in [0.05, 0.1) is 16.1 Å². The fourth-order valence-corrected chi connectivity index (χ4v) is 4.21. The number of carbonyl (C=O) groups excluding carboxylic acids is 1. The zero-order valence-electron chi connectivity index (χ0n) is 17.4. The highest BCUT2D eigenvalue weighted by Gasteiger charge is 2.28. The first-order valence-electron chi connectivity index (χ1n) is 10.0. The molecule has 3 aromatic rings. The maximum absolute atomic E-state index is 12.6. The van der Waals surface area contributed by atoms with Gasteiger partial charge in [0.2, 0.25) is 11.7 Å². The molecule has 0 spiro atoms. The number of amides is 2. The highest BCUT2D eigenvalue weighted by molar-refractivity contribution is 7.90. The van der Waals surface area contributed by atoms with E-state index in [2.05, 4.69) is 21.5 Å². The summed E-state index contributed by atoms with van der Waals surface area (Å²) in [6, 6.07) is 15.0. The molecule has 0 radical (unpaired) electrons. The first kappa shape index (κ1) is 21.5. The molecular formula is C22H21N5O4S. The van der Waals surface area contributed by atoms with Gasteiger partial charge in [0, 0.05) is 30.8 Å². The highest BCUT2D eigenvalue weighted by Crippen LogP contribution is 2.29. The summed E-state index contributed by atoms with van der Waals surface area (Å²) < 4.78 is 28.7. The van der Waals surface area contributed by atoms with Crippen LogP contribution < -0.4 is 5.32 Å². The number of urea groups is 1. The minimum Gasteiger partial charge on any atom is -0.339 e. The third kappa shape index (κ3) is 4.63. The van der Waals surface area contributed by atoms with Crippen molar-refractivity contribution in [3.05, 3.63) is 60.0 Å². The summed E-state index contributed by atoms with van der Waals surface area (Å²) in [7, 11) is -3.27. The van der Waals surface area contributed by atoms with Crippen LogP contribution in [0.1, 0.15) is 30.2 Å². The van der Waals surface area contributed by atoms with Crippen LogP contribution in [0.3, 0.4) is 0 Å². The second-order valence-corrected chi connectivity index (χ2v) is 9.62. The summed E-state index contributed by atoms with van der Waals surface area (Å²) >= 11 is 0. The Hall–Kier alpha value is -3.71. The lowest BCUT2D eigenvalue weighted by atomic mass is 9.97. The average molecular weight is 452 g/mol. The number of aromatic nitrogens is 2. The van der Waals surface area contributed by atoms with Crippen LogP contribution >= 0.6 is 0 Å². The van der Waals surface area contributed by atoms with Gasteiger partial charge in [-0.2, -0.15) is 10.2 Å². The van der Waals surface area contributed by atoms with Crippen molar-refractivity contribution in [2.45, 2.75) is 23.7 Å². The van der Waals surface area contributed by atoms with Gasteiger partial charge in [-0.25, -0.2) is 13.2 Å². The maximum atomic E-state index is 12.6. The number of benzene rings is 2. The van der Waals surface area contributed by atoms with Crippen molar-refractivity contribution in [1.82, 2.24) is 15.0 Å². The Labute approximate surface area is 185 Å². The van der Waals surface area contributed by atoms with Gasteiger partial charge >= 0.3 is 6.03 Å². The standard InChI is InChI=1S/C22H21N5O4S/c1-32(29,30)18-8-6-15(7-9-18)20-25-21(31-26-20)16-10-12-27(13-11-16)22(28)24-19-5-3-2-4-17(19)14-23/h2-9,16H,10-13H2,1H3,(H,24,28). The average Bonchev–Trinajstić information content (AvgIpc) is 3.29. The van der Waals surface area contributed by atoms with Crippen LogP contribution in [0, 0.1) is 11.3 Å². The number of nitriles is 1. The van der Waals surface area contributed by atoms with Crippen LogP contribution in [0.2, 0.25) is 0 Å². The number of sulfone groups is 1. The number of likely N-dealkylation sites (tertiary alicyclic amines) is 1. The summed E-state index contributed by atoms with van der Waals surface area (Å²) in [6.45, 7) is 1.04. The number of nitrogens with zero attached hydrogens (tertiary/aromatic N) is 4. The fourth-order valence-electron chi connectivity index (χ4n) is 3.58. The smallest absolute Gasteiger partial charge is 0.321 e. The van der Waals surface area contributed by atoms with Gasteiger partial charge in [-0.15, -0.1) is 0 Å². The van der Waals surface area contributed by atoms with Gasteiger partial charge in [-0.3, -0.25) is 0 Å². The van der Waals surface area contributed by atoms with Crippen LogP contribution in [-0.2, 0) is 9.84 Å². The number of hydrogen-bond acceptors (Lipinski definition) is 7. The third-order valence-corrected chi connectivity index (χ3v) is 6.53. The second kappa shape index (κ2) is 8.80. The highest BCUT2D eigenvalue weighted by atomic mass is 32.2. The molecule has 32 heavy (non-hydrogen) atoms. The first-order valence-corrected chi connectivity index (χ1v) is 11.9. The van der Waals surface area contributed by atoms with E-state index in [0.717, 1.165) is 6.26 Å². The van der Waals surface area contributed by atoms with Crippen molar-refractivity contribution in [2.24, 2.45) is 0 Å². The summed E-state index contributed by atoms with van der Waals surface area (Å²) in [6.07, 6.45) is 2.49. The molecule has 1 saturated heterocycles. The molecule has 1 aliphatic heterocycles. The molecule has 0 bridgehead atoms. The quantitative estimate of drug-likeness (QED) is 0.643. The van der Waals surface area contributed by atoms with E-state index >= 15 is 0 Å². The van der Waals surface area contributed by atoms with Crippen LogP contribution in [0.5, 0.6) is 0 Å². The maximum Gasteiger partial charge on any atom is 0.321 e. The number of anilines is 1. The van der Waals surface area contributed by atoms with Crippen molar-refractivity contribution in [2.75, 3.05) is 24.7 Å². The fraction of sp³-hybridized carbons (Fsp3) is 0.273. The molecule has 10 heteroatoms. The van der Waals surface area contributed by atoms with Gasteiger partial charge in [0.15, 0.2) is 9.84 Å². The molecule has 1 aromatic heterocycles. The summed E-state index contributed by atoms with van der Waals surface area (Å²) in [5.74, 6) is 0.928. The summed E-state index contributed by atoms with van der Waals surface area (Å²) in [5.41, 5.74) is 1.57. The Balaban J connectivity index is 1.37. The van der Waals surface area contributed by atoms with Crippen LogP contribution in [0.4, 0.5) is 10.5 Å².